The molecule has 0 bridgehead atoms. The highest BCUT2D eigenvalue weighted by molar-refractivity contribution is 6.02. The summed E-state index contributed by atoms with van der Waals surface area (Å²) in [5.74, 6) is 0.621. The Morgan fingerprint density at radius 2 is 1.78 bits per heavy atom. The summed E-state index contributed by atoms with van der Waals surface area (Å²) in [6.45, 7) is 4.50. The molecule has 0 aromatic heterocycles. The van der Waals surface area contributed by atoms with E-state index in [9.17, 15) is 4.79 Å². The van der Waals surface area contributed by atoms with Crippen molar-refractivity contribution in [1.29, 1.82) is 0 Å². The van der Waals surface area contributed by atoms with Gasteiger partial charge in [0.15, 0.2) is 0 Å². The summed E-state index contributed by atoms with van der Waals surface area (Å²) in [6.07, 6.45) is 3.33. The molecule has 3 nitrogen and oxygen atoms in total. The maximum Gasteiger partial charge on any atom is 0.248 e. The summed E-state index contributed by atoms with van der Waals surface area (Å²) in [4.78, 5) is 12.2. The van der Waals surface area contributed by atoms with Crippen LogP contribution in [0.25, 0.3) is 6.08 Å². The number of nitrogens with one attached hydrogen (secondary N) is 1. The molecule has 0 fully saturated rings. The van der Waals surface area contributed by atoms with Crippen LogP contribution in [0.1, 0.15) is 22.3 Å². The summed E-state index contributed by atoms with van der Waals surface area (Å²) in [5, 5.41) is 2.93. The van der Waals surface area contributed by atoms with E-state index in [1.807, 2.05) is 86.6 Å². The molecule has 3 heteroatoms. The zero-order valence-electron chi connectivity index (χ0n) is 15.6. The standard InChI is InChI=1S/C24H23NO2/c1-18-11-12-19(2)23(15-18)25-24(26)14-13-20-9-6-10-22(16-20)27-17-21-7-4-3-5-8-21/h3-16H,17H2,1-2H3,(H,25,26)/b14-13+. The topological polar surface area (TPSA) is 38.3 Å². The minimum atomic E-state index is -0.153. The third kappa shape index (κ3) is 5.58. The van der Waals surface area contributed by atoms with Crippen LogP contribution < -0.4 is 10.1 Å². The van der Waals surface area contributed by atoms with E-state index in [0.29, 0.717) is 6.61 Å². The first-order chi connectivity index (χ1) is 13.1. The lowest BCUT2D eigenvalue weighted by Gasteiger charge is -2.08. The molecule has 3 rings (SSSR count). The molecule has 136 valence electrons. The number of benzene rings is 3. The van der Waals surface area contributed by atoms with Gasteiger partial charge < -0.3 is 10.1 Å². The summed E-state index contributed by atoms with van der Waals surface area (Å²) in [6, 6.07) is 23.7. The second-order valence-corrected chi connectivity index (χ2v) is 6.49. The van der Waals surface area contributed by atoms with E-state index < -0.39 is 0 Å². The second-order valence-electron chi connectivity index (χ2n) is 6.49. The minimum absolute atomic E-state index is 0.153. The van der Waals surface area contributed by atoms with Gasteiger partial charge in [0.2, 0.25) is 5.91 Å². The molecule has 0 aliphatic heterocycles. The molecule has 27 heavy (non-hydrogen) atoms. The fourth-order valence-electron chi connectivity index (χ4n) is 2.67. The highest BCUT2D eigenvalue weighted by Crippen LogP contribution is 2.18. The van der Waals surface area contributed by atoms with E-state index in [2.05, 4.69) is 5.32 Å². The Balaban J connectivity index is 1.61. The van der Waals surface area contributed by atoms with Gasteiger partial charge in [-0.15, -0.1) is 0 Å². The van der Waals surface area contributed by atoms with Crippen LogP contribution in [0.2, 0.25) is 0 Å². The number of carbonyl (C=O) groups is 1. The maximum atomic E-state index is 12.2. The van der Waals surface area contributed by atoms with Crippen LogP contribution >= 0.6 is 0 Å². The van der Waals surface area contributed by atoms with Crippen LogP contribution in [0.15, 0.2) is 78.9 Å². The first-order valence-electron chi connectivity index (χ1n) is 8.93. The van der Waals surface area contributed by atoms with Gasteiger partial charge in [-0.2, -0.15) is 0 Å². The molecule has 3 aromatic carbocycles. The molecule has 0 heterocycles. The Morgan fingerprint density at radius 1 is 0.963 bits per heavy atom. The Kier molecular flexibility index (Phi) is 6.06. The number of anilines is 1. The third-order valence-electron chi connectivity index (χ3n) is 4.18. The molecule has 0 unspecified atom stereocenters. The van der Waals surface area contributed by atoms with Crippen LogP contribution in [-0.2, 0) is 11.4 Å². The van der Waals surface area contributed by atoms with Crippen LogP contribution in [0.4, 0.5) is 5.69 Å². The summed E-state index contributed by atoms with van der Waals surface area (Å²) >= 11 is 0. The first kappa shape index (κ1) is 18.5. The van der Waals surface area contributed by atoms with Crippen LogP contribution in [0.3, 0.4) is 0 Å². The summed E-state index contributed by atoms with van der Waals surface area (Å²) in [7, 11) is 0. The van der Waals surface area contributed by atoms with Crippen molar-refractivity contribution < 1.29 is 9.53 Å². The number of aryl methyl sites for hydroxylation is 2. The number of hydrogen-bond donors (Lipinski definition) is 1. The molecule has 0 atom stereocenters. The fourth-order valence-corrected chi connectivity index (χ4v) is 2.67. The molecule has 0 spiro atoms. The summed E-state index contributed by atoms with van der Waals surface area (Å²) < 4.78 is 5.83. The molecular formula is C24H23NO2. The average Bonchev–Trinajstić information content (AvgIpc) is 2.69. The lowest BCUT2D eigenvalue weighted by Crippen LogP contribution is -2.09. The minimum Gasteiger partial charge on any atom is -0.489 e. The Morgan fingerprint density at radius 3 is 2.59 bits per heavy atom. The van der Waals surface area contributed by atoms with Gasteiger partial charge in [0, 0.05) is 11.8 Å². The average molecular weight is 357 g/mol. The molecule has 0 aliphatic rings. The van der Waals surface area contributed by atoms with Crippen molar-refractivity contribution in [3.8, 4) is 5.75 Å². The van der Waals surface area contributed by atoms with E-state index in [1.54, 1.807) is 6.08 Å². The molecule has 3 aromatic rings. The third-order valence-corrected chi connectivity index (χ3v) is 4.18. The van der Waals surface area contributed by atoms with Gasteiger partial charge in [0.05, 0.1) is 0 Å². The molecule has 0 saturated heterocycles. The number of hydrogen-bond acceptors (Lipinski definition) is 2. The highest BCUT2D eigenvalue weighted by Gasteiger charge is 2.02. The molecule has 0 saturated carbocycles. The van der Waals surface area contributed by atoms with Gasteiger partial charge >= 0.3 is 0 Å². The number of carbonyl (C=O) groups excluding carboxylic acids is 1. The van der Waals surface area contributed by atoms with E-state index in [-0.39, 0.29) is 5.91 Å². The van der Waals surface area contributed by atoms with Crippen LogP contribution in [0, 0.1) is 13.8 Å². The van der Waals surface area contributed by atoms with Crippen molar-refractivity contribution in [1.82, 2.24) is 0 Å². The van der Waals surface area contributed by atoms with Gasteiger partial charge in [-0.25, -0.2) is 0 Å². The van der Waals surface area contributed by atoms with E-state index >= 15 is 0 Å². The van der Waals surface area contributed by atoms with Crippen molar-refractivity contribution in [2.45, 2.75) is 20.5 Å². The zero-order valence-corrected chi connectivity index (χ0v) is 15.6. The zero-order chi connectivity index (χ0) is 19.1. The quantitative estimate of drug-likeness (QED) is 0.589. The predicted octanol–water partition coefficient (Wildman–Crippen LogP) is 5.53. The lowest BCUT2D eigenvalue weighted by molar-refractivity contribution is -0.111. The van der Waals surface area contributed by atoms with Gasteiger partial charge in [0.1, 0.15) is 12.4 Å². The van der Waals surface area contributed by atoms with Crippen molar-refractivity contribution in [3.63, 3.8) is 0 Å². The van der Waals surface area contributed by atoms with E-state index in [4.69, 9.17) is 4.74 Å². The van der Waals surface area contributed by atoms with Gasteiger partial charge in [-0.3, -0.25) is 4.79 Å². The van der Waals surface area contributed by atoms with Gasteiger partial charge in [0.25, 0.3) is 0 Å². The van der Waals surface area contributed by atoms with E-state index in [1.165, 1.54) is 6.08 Å². The second kappa shape index (κ2) is 8.86. The lowest BCUT2D eigenvalue weighted by atomic mass is 10.1. The Hall–Kier alpha value is -3.33. The molecule has 1 amide bonds. The number of ether oxygens (including phenoxy) is 1. The molecular weight excluding hydrogens is 334 g/mol. The van der Waals surface area contributed by atoms with Crippen LogP contribution in [0.5, 0.6) is 5.75 Å². The molecule has 0 radical (unpaired) electrons. The van der Waals surface area contributed by atoms with Crippen molar-refractivity contribution in [2.75, 3.05) is 5.32 Å². The number of rotatable bonds is 6. The van der Waals surface area contributed by atoms with Crippen molar-refractivity contribution in [2.24, 2.45) is 0 Å². The Bertz CT molecular complexity index is 946. The monoisotopic (exact) mass is 357 g/mol. The van der Waals surface area contributed by atoms with Crippen LogP contribution in [-0.4, -0.2) is 5.91 Å². The smallest absolute Gasteiger partial charge is 0.248 e. The van der Waals surface area contributed by atoms with Gasteiger partial charge in [-0.05, 0) is 60.4 Å². The Labute approximate surface area is 160 Å². The van der Waals surface area contributed by atoms with Crippen molar-refractivity contribution in [3.05, 3.63) is 101 Å². The largest absolute Gasteiger partial charge is 0.489 e. The fraction of sp³-hybridized carbons (Fsp3) is 0.125. The SMILES string of the molecule is Cc1ccc(C)c(NC(=O)/C=C/c2cccc(OCc3ccccc3)c2)c1. The normalized spacial score (nSPS) is 10.7. The molecule has 0 aliphatic carbocycles. The molecule has 1 N–H and O–H groups in total. The van der Waals surface area contributed by atoms with Crippen molar-refractivity contribution >= 4 is 17.7 Å². The predicted molar refractivity (Wildman–Crippen MR) is 111 cm³/mol. The summed E-state index contributed by atoms with van der Waals surface area (Å²) in [5.41, 5.74) is 5.02. The number of amides is 1. The van der Waals surface area contributed by atoms with E-state index in [0.717, 1.165) is 33.7 Å². The highest BCUT2D eigenvalue weighted by atomic mass is 16.5. The first-order valence-corrected chi connectivity index (χ1v) is 8.93. The van der Waals surface area contributed by atoms with Gasteiger partial charge in [-0.1, -0.05) is 54.6 Å². The maximum absolute atomic E-state index is 12.2.